The highest BCUT2D eigenvalue weighted by Crippen LogP contribution is 2.38. The lowest BCUT2D eigenvalue weighted by atomic mass is 10.0. The number of fused-ring (bicyclic) bond motifs is 1. The highest BCUT2D eigenvalue weighted by atomic mass is 35.5. The minimum Gasteiger partial charge on any atom is -0.455 e. The molecular weight excluding hydrogens is 526 g/mol. The number of anilines is 2. The van der Waals surface area contributed by atoms with Crippen LogP contribution in [0.25, 0.3) is 4.85 Å². The van der Waals surface area contributed by atoms with Crippen molar-refractivity contribution in [3.05, 3.63) is 64.6 Å². The molecule has 0 bridgehead atoms. The summed E-state index contributed by atoms with van der Waals surface area (Å²) >= 11 is 6.57. The summed E-state index contributed by atoms with van der Waals surface area (Å²) in [4.78, 5) is 34.6. The zero-order valence-corrected chi connectivity index (χ0v) is 24.2. The molecular formula is C30H38ClN7O2. The Morgan fingerprint density at radius 2 is 2.00 bits per heavy atom. The number of piperazine rings is 1. The van der Waals surface area contributed by atoms with E-state index in [1.807, 2.05) is 24.3 Å². The quantitative estimate of drug-likeness (QED) is 0.354. The summed E-state index contributed by atoms with van der Waals surface area (Å²) in [6.07, 6.45) is 6.30. The van der Waals surface area contributed by atoms with Crippen LogP contribution in [-0.2, 0) is 17.8 Å². The molecule has 9 nitrogen and oxygen atoms in total. The fourth-order valence-electron chi connectivity index (χ4n) is 6.41. The Balaban J connectivity index is 1.51. The van der Waals surface area contributed by atoms with E-state index in [0.29, 0.717) is 32.2 Å². The van der Waals surface area contributed by atoms with Crippen molar-refractivity contribution in [1.82, 2.24) is 19.8 Å². The first-order chi connectivity index (χ1) is 19.3. The molecule has 2 aromatic rings. The second-order valence-electron chi connectivity index (χ2n) is 11.3. The molecule has 0 unspecified atom stereocenters. The molecule has 1 amide bonds. The van der Waals surface area contributed by atoms with E-state index in [9.17, 15) is 4.79 Å². The third-order valence-electron chi connectivity index (χ3n) is 8.18. The van der Waals surface area contributed by atoms with Crippen molar-refractivity contribution in [3.8, 4) is 6.01 Å². The minimum atomic E-state index is -0.312. The Labute approximate surface area is 242 Å². The van der Waals surface area contributed by atoms with Crippen LogP contribution < -0.4 is 14.5 Å². The zero-order chi connectivity index (χ0) is 28.3. The van der Waals surface area contributed by atoms with Gasteiger partial charge in [0.05, 0.1) is 22.9 Å². The van der Waals surface area contributed by atoms with Crippen molar-refractivity contribution in [2.45, 2.75) is 50.3 Å². The summed E-state index contributed by atoms with van der Waals surface area (Å²) in [7, 11) is 4.15. The molecule has 1 aromatic carbocycles. The van der Waals surface area contributed by atoms with Crippen LogP contribution in [0.4, 0.5) is 11.5 Å². The maximum atomic E-state index is 12.5. The number of hydrogen-bond donors (Lipinski definition) is 0. The fourth-order valence-corrected chi connectivity index (χ4v) is 6.66. The van der Waals surface area contributed by atoms with Crippen molar-refractivity contribution in [2.24, 2.45) is 0 Å². The van der Waals surface area contributed by atoms with Crippen molar-refractivity contribution in [1.29, 1.82) is 0 Å². The molecule has 40 heavy (non-hydrogen) atoms. The topological polar surface area (TPSA) is 69.4 Å². The molecule has 1 aromatic heterocycles. The Morgan fingerprint density at radius 3 is 2.70 bits per heavy atom. The summed E-state index contributed by atoms with van der Waals surface area (Å²) in [5, 5.41) is 0.720. The van der Waals surface area contributed by atoms with Gasteiger partial charge in [-0.25, -0.2) is 6.57 Å². The van der Waals surface area contributed by atoms with Crippen molar-refractivity contribution < 1.29 is 9.53 Å². The number of amides is 1. The van der Waals surface area contributed by atoms with Gasteiger partial charge in [-0.05, 0) is 64.4 Å². The summed E-state index contributed by atoms with van der Waals surface area (Å²) < 4.78 is 6.73. The Hall–Kier alpha value is -3.35. The number of nitrogens with zero attached hydrogens (tertiary/aromatic N) is 7. The first-order valence-electron chi connectivity index (χ1n) is 14.1. The highest BCUT2D eigenvalue weighted by Gasteiger charge is 2.39. The van der Waals surface area contributed by atoms with Gasteiger partial charge < -0.3 is 29.2 Å². The van der Waals surface area contributed by atoms with E-state index in [1.54, 1.807) is 4.90 Å². The number of para-hydroxylation sites is 1. The van der Waals surface area contributed by atoms with Gasteiger partial charge in [0.25, 0.3) is 0 Å². The number of aromatic nitrogens is 2. The number of benzene rings is 1. The number of carbonyl (C=O) groups is 1. The number of halogens is 1. The lowest BCUT2D eigenvalue weighted by molar-refractivity contribution is -0.128. The molecule has 0 spiro atoms. The number of carbonyl (C=O) groups excluding carboxylic acids is 1. The maximum Gasteiger partial charge on any atom is 0.319 e. The number of ether oxygens (including phenoxy) is 1. The summed E-state index contributed by atoms with van der Waals surface area (Å²) in [5.74, 6) is 0.724. The smallest absolute Gasteiger partial charge is 0.319 e. The van der Waals surface area contributed by atoms with E-state index < -0.39 is 0 Å². The molecule has 2 aliphatic heterocycles. The largest absolute Gasteiger partial charge is 0.455 e. The molecule has 3 aliphatic rings. The van der Waals surface area contributed by atoms with Crippen molar-refractivity contribution in [3.63, 3.8) is 0 Å². The molecule has 1 saturated heterocycles. The molecule has 5 rings (SSSR count). The van der Waals surface area contributed by atoms with Crippen LogP contribution >= 0.6 is 11.6 Å². The Kier molecular flexibility index (Phi) is 8.48. The van der Waals surface area contributed by atoms with Gasteiger partial charge in [-0.15, -0.1) is 0 Å². The predicted octanol–water partition coefficient (Wildman–Crippen LogP) is 4.07. The number of likely N-dealkylation sites (N-methyl/N-ethyl adjacent to an activating group) is 1. The summed E-state index contributed by atoms with van der Waals surface area (Å²) in [6, 6.07) is 8.08. The second-order valence-corrected chi connectivity index (χ2v) is 11.7. The molecule has 1 aliphatic carbocycles. The first kappa shape index (κ1) is 28.2. The van der Waals surface area contributed by atoms with Gasteiger partial charge in [-0.3, -0.25) is 4.79 Å². The van der Waals surface area contributed by atoms with Crippen LogP contribution in [0.3, 0.4) is 0 Å². The molecule has 1 atom stereocenters. The molecule has 3 heterocycles. The molecule has 212 valence electrons. The SMILES string of the molecule is [C-]#[N+]C[C@H]1CN(c2nc(OC3(CN(C)C)CCCC3)nc3c2CCN(c2ccccc2Cl)C3)CCN1C(=O)C=C. The monoisotopic (exact) mass is 563 g/mol. The third kappa shape index (κ3) is 5.89. The van der Waals surface area contributed by atoms with Crippen LogP contribution in [-0.4, -0.2) is 90.7 Å². The summed E-state index contributed by atoms with van der Waals surface area (Å²) in [5.41, 5.74) is 2.73. The van der Waals surface area contributed by atoms with Gasteiger partial charge in [0.2, 0.25) is 12.5 Å². The van der Waals surface area contributed by atoms with Gasteiger partial charge in [0.1, 0.15) is 17.5 Å². The first-order valence-corrected chi connectivity index (χ1v) is 14.4. The molecule has 1 saturated carbocycles. The number of rotatable bonds is 8. The van der Waals surface area contributed by atoms with E-state index in [0.717, 1.165) is 73.0 Å². The standard InChI is InChI=1S/C30H38ClN7O2/c1-5-27(39)38-17-16-37(19-22(38)18-32-2)28-23-12-15-36(26-11-7-6-10-24(26)31)20-25(23)33-29(34-28)40-30(21-35(3)4)13-8-9-14-30/h5-7,10-11,22H,1,8-9,12-21H2,3-4H3/t22-/m0/s1. The Morgan fingerprint density at radius 1 is 1.23 bits per heavy atom. The lowest BCUT2D eigenvalue weighted by Gasteiger charge is -2.41. The van der Waals surface area contributed by atoms with Gasteiger partial charge in [-0.2, -0.15) is 9.97 Å². The average Bonchev–Trinajstić information content (AvgIpc) is 3.39. The van der Waals surface area contributed by atoms with E-state index in [2.05, 4.69) is 40.2 Å². The van der Waals surface area contributed by atoms with Gasteiger partial charge in [0, 0.05) is 38.3 Å². The van der Waals surface area contributed by atoms with E-state index in [4.69, 9.17) is 32.9 Å². The third-order valence-corrected chi connectivity index (χ3v) is 8.50. The molecule has 0 radical (unpaired) electrons. The maximum absolute atomic E-state index is 12.5. The van der Waals surface area contributed by atoms with Crippen LogP contribution in [0.5, 0.6) is 6.01 Å². The van der Waals surface area contributed by atoms with E-state index in [-0.39, 0.29) is 24.1 Å². The summed E-state index contributed by atoms with van der Waals surface area (Å²) in [6.45, 7) is 15.2. The normalized spacial score (nSPS) is 20.3. The van der Waals surface area contributed by atoms with E-state index in [1.165, 1.54) is 6.08 Å². The molecule has 0 N–H and O–H groups in total. The number of hydrogen-bond acceptors (Lipinski definition) is 7. The van der Waals surface area contributed by atoms with Crippen LogP contribution in [0.15, 0.2) is 36.9 Å². The van der Waals surface area contributed by atoms with Crippen LogP contribution in [0, 0.1) is 6.57 Å². The van der Waals surface area contributed by atoms with Crippen LogP contribution in [0.1, 0.15) is 36.9 Å². The van der Waals surface area contributed by atoms with Crippen molar-refractivity contribution >= 4 is 29.0 Å². The molecule has 10 heteroatoms. The zero-order valence-electron chi connectivity index (χ0n) is 23.5. The Bertz CT molecular complexity index is 1290. The van der Waals surface area contributed by atoms with Crippen LogP contribution in [0.2, 0.25) is 5.02 Å². The lowest BCUT2D eigenvalue weighted by Crippen LogP contribution is -2.56. The minimum absolute atomic E-state index is 0.135. The van der Waals surface area contributed by atoms with E-state index >= 15 is 0 Å². The van der Waals surface area contributed by atoms with Gasteiger partial charge in [0.15, 0.2) is 0 Å². The fraction of sp³-hybridized carbons (Fsp3) is 0.533. The van der Waals surface area contributed by atoms with Gasteiger partial charge >= 0.3 is 6.01 Å². The van der Waals surface area contributed by atoms with Crippen molar-refractivity contribution in [2.75, 3.05) is 63.2 Å². The van der Waals surface area contributed by atoms with Gasteiger partial charge in [-0.1, -0.05) is 30.3 Å². The molecule has 2 fully saturated rings. The predicted molar refractivity (Wildman–Crippen MR) is 158 cm³/mol. The highest BCUT2D eigenvalue weighted by molar-refractivity contribution is 6.33. The second kappa shape index (κ2) is 12.0. The average molecular weight is 564 g/mol.